The average Bonchev–Trinajstić information content (AvgIpc) is 2.94. The van der Waals surface area contributed by atoms with Gasteiger partial charge in [0.05, 0.1) is 63.3 Å². The van der Waals surface area contributed by atoms with Crippen molar-refractivity contribution in [2.45, 2.75) is 89.4 Å². The highest BCUT2D eigenvalue weighted by Gasteiger charge is 2.23. The van der Waals surface area contributed by atoms with Crippen LogP contribution < -0.4 is 65.5 Å². The number of hydrogen-bond donors (Lipinski definition) is 11. The molecular weight excluding hydrogens is 1110 g/mol. The van der Waals surface area contributed by atoms with E-state index >= 15 is 0 Å². The van der Waals surface area contributed by atoms with Gasteiger partial charge in [0.2, 0.25) is 29.6 Å². The summed E-state index contributed by atoms with van der Waals surface area (Å²) in [6.07, 6.45) is 7.80. The first-order valence-electron chi connectivity index (χ1n) is 28.3. The van der Waals surface area contributed by atoms with Crippen LogP contribution in [0.2, 0.25) is 0 Å². The third-order valence-electron chi connectivity index (χ3n) is 13.6. The van der Waals surface area contributed by atoms with E-state index in [-0.39, 0.29) is 77.9 Å². The summed E-state index contributed by atoms with van der Waals surface area (Å²) in [7, 11) is 3.67. The molecule has 0 saturated heterocycles. The number of carbonyl (C=O) groups is 6. The zero-order valence-corrected chi connectivity index (χ0v) is 48.6. The van der Waals surface area contributed by atoms with Crippen molar-refractivity contribution in [3.05, 3.63) is 83.4 Å². The summed E-state index contributed by atoms with van der Waals surface area (Å²) in [5, 5.41) is 20.8. The summed E-state index contributed by atoms with van der Waals surface area (Å²) in [6.45, 7) is 6.18. The number of nitrogens with one attached hydrogen (secondary N) is 4. The molecule has 2 aromatic carbocycles. The smallest absolute Gasteiger partial charge is 0.326 e. The van der Waals surface area contributed by atoms with Gasteiger partial charge in [-0.05, 0) is 100 Å². The summed E-state index contributed by atoms with van der Waals surface area (Å²) in [4.78, 5) is 116. The highest BCUT2D eigenvalue weighted by Crippen LogP contribution is 2.21. The standard InChI is InChI=1S/C56H79N21O9/c1-75(33-37-31-65-50-45(67-37)47(58)71-55(61)73-50)39-13-9-35(10-14-39)52(81)69-41(49(60)80)17-19-43(78)63-22-5-3-7-24-77(26-28-86-30-29-85-27-21-57)25-8-4-6-23-64-44(79)20-18-42(54(83)84)70-53(82)36-11-15-40(16-12-36)76(2)34-38-32-66-51-46(68-38)48(59)72-56(62)74-51/h9-16,31-32,41-42H,3-8,17-30,33-34,57H2,1-2H3,(H2,60,80)(H,63,78)(H,64,79)(H,69,81)(H,70,82)(H,83,84)(H4,58,61,65,71,73)(H4,59,62,66,72,74)/t41-,42-/m0/s1. The molecule has 5 amide bonds. The molecule has 4 heterocycles. The van der Waals surface area contributed by atoms with Crippen molar-refractivity contribution in [2.24, 2.45) is 11.5 Å². The summed E-state index contributed by atoms with van der Waals surface area (Å²) in [5.74, 6) is -3.45. The first kappa shape index (κ1) is 65.9. The molecule has 0 unspecified atom stereocenters. The fraction of sp³-hybridized carbons (Fsp3) is 0.464. The maximum Gasteiger partial charge on any atom is 0.326 e. The van der Waals surface area contributed by atoms with Crippen LogP contribution in [0.5, 0.6) is 0 Å². The number of aliphatic carboxylic acids is 1. The minimum Gasteiger partial charge on any atom is -0.480 e. The monoisotopic (exact) mass is 1190 g/mol. The topological polar surface area (TPSA) is 458 Å². The van der Waals surface area contributed by atoms with Gasteiger partial charge in [0.1, 0.15) is 12.1 Å². The van der Waals surface area contributed by atoms with Gasteiger partial charge in [-0.1, -0.05) is 12.8 Å². The third kappa shape index (κ3) is 21.4. The van der Waals surface area contributed by atoms with Gasteiger partial charge in [-0.2, -0.15) is 19.9 Å². The molecule has 0 spiro atoms. The molecular formula is C56H79N21O9. The maximum absolute atomic E-state index is 13.1. The van der Waals surface area contributed by atoms with E-state index in [9.17, 15) is 33.9 Å². The fourth-order valence-corrected chi connectivity index (χ4v) is 8.94. The number of fused-ring (bicyclic) bond motifs is 2. The number of benzene rings is 2. The van der Waals surface area contributed by atoms with E-state index in [4.69, 9.17) is 43.9 Å². The van der Waals surface area contributed by atoms with E-state index in [0.717, 1.165) is 56.6 Å². The highest BCUT2D eigenvalue weighted by molar-refractivity contribution is 5.98. The Labute approximate surface area is 497 Å². The van der Waals surface area contributed by atoms with Crippen molar-refractivity contribution >= 4 is 92.7 Å². The lowest BCUT2D eigenvalue weighted by molar-refractivity contribution is -0.139. The molecule has 0 saturated carbocycles. The number of rotatable bonds is 38. The summed E-state index contributed by atoms with van der Waals surface area (Å²) >= 11 is 0. The first-order chi connectivity index (χ1) is 41.4. The second kappa shape index (κ2) is 33.9. The molecule has 0 bridgehead atoms. The lowest BCUT2D eigenvalue weighted by Crippen LogP contribution is -2.45. The number of aromatic nitrogens is 8. The van der Waals surface area contributed by atoms with Crippen molar-refractivity contribution in [3.8, 4) is 0 Å². The zero-order chi connectivity index (χ0) is 62.0. The Morgan fingerprint density at radius 3 is 1.44 bits per heavy atom. The van der Waals surface area contributed by atoms with Crippen LogP contribution in [0.1, 0.15) is 96.3 Å². The van der Waals surface area contributed by atoms with Crippen molar-refractivity contribution in [1.29, 1.82) is 0 Å². The average molecular weight is 1190 g/mol. The van der Waals surface area contributed by atoms with E-state index in [0.29, 0.717) is 100 Å². The van der Waals surface area contributed by atoms with Gasteiger partial charge >= 0.3 is 5.97 Å². The number of primary amides is 1. The Bertz CT molecular complexity index is 3010. The molecule has 6 aromatic rings. The SMILES string of the molecule is CN(Cc1cnc2nc(N)nc(N)c2n1)c1ccc(C(=O)N[C@@H](CCC(=O)NCCCCCN(CCCCCNC(=O)CC[C@H](NC(=O)c2ccc(N(C)Cc3cnc4nc(N)nc(N)c4n3)cc2)C(=O)O)CCOCCOCCN)C(N)=O)cc1. The number of nitrogens with zero attached hydrogens (tertiary/aromatic N) is 11. The number of carboxylic acid groups (broad SMARTS) is 1. The van der Waals surface area contributed by atoms with Crippen LogP contribution in [0.15, 0.2) is 60.9 Å². The molecule has 6 rings (SSSR count). The molecule has 0 fully saturated rings. The minimum atomic E-state index is -1.28. The molecule has 4 aromatic heterocycles. The summed E-state index contributed by atoms with van der Waals surface area (Å²) < 4.78 is 11.2. The van der Waals surface area contributed by atoms with Crippen molar-refractivity contribution in [1.82, 2.24) is 66.0 Å². The third-order valence-corrected chi connectivity index (χ3v) is 13.6. The van der Waals surface area contributed by atoms with E-state index in [1.807, 2.05) is 23.9 Å². The van der Waals surface area contributed by atoms with Gasteiger partial charge in [0, 0.05) is 75.6 Å². The van der Waals surface area contributed by atoms with Crippen molar-refractivity contribution < 1.29 is 43.3 Å². The van der Waals surface area contributed by atoms with E-state index in [1.165, 1.54) is 0 Å². The van der Waals surface area contributed by atoms with Crippen LogP contribution in [0.3, 0.4) is 0 Å². The quantitative estimate of drug-likeness (QED) is 0.0237. The second-order valence-corrected chi connectivity index (χ2v) is 20.4. The van der Waals surface area contributed by atoms with Crippen LogP contribution in [-0.4, -0.2) is 177 Å². The number of nitrogens with two attached hydrogens (primary N) is 6. The predicted molar refractivity (Wildman–Crippen MR) is 324 cm³/mol. The lowest BCUT2D eigenvalue weighted by atomic mass is 10.1. The molecule has 17 N–H and O–H groups in total. The minimum absolute atomic E-state index is 0.000181. The molecule has 0 aliphatic carbocycles. The molecule has 86 heavy (non-hydrogen) atoms. The Hall–Kier alpha value is -9.26. The van der Waals surface area contributed by atoms with Gasteiger partial charge in [0.25, 0.3) is 11.8 Å². The Morgan fingerprint density at radius 2 is 1.00 bits per heavy atom. The van der Waals surface area contributed by atoms with Crippen molar-refractivity contribution in [3.63, 3.8) is 0 Å². The van der Waals surface area contributed by atoms with Gasteiger partial charge in [-0.25, -0.2) is 24.7 Å². The fourth-order valence-electron chi connectivity index (χ4n) is 8.94. The van der Waals surface area contributed by atoms with Crippen molar-refractivity contribution in [2.75, 3.05) is 113 Å². The molecule has 0 aliphatic rings. The van der Waals surface area contributed by atoms with E-state index in [1.54, 1.807) is 60.9 Å². The first-order valence-corrected chi connectivity index (χ1v) is 28.3. The maximum atomic E-state index is 13.1. The zero-order valence-electron chi connectivity index (χ0n) is 48.6. The van der Waals surface area contributed by atoms with E-state index < -0.39 is 35.8 Å². The van der Waals surface area contributed by atoms with Crippen LogP contribution >= 0.6 is 0 Å². The van der Waals surface area contributed by atoms with Gasteiger partial charge < -0.3 is 84.9 Å². The Morgan fingerprint density at radius 1 is 0.558 bits per heavy atom. The normalized spacial score (nSPS) is 12.0. The Kier molecular flexibility index (Phi) is 26.0. The molecule has 2 atom stereocenters. The molecule has 0 aliphatic heterocycles. The number of nitrogen functional groups attached to an aromatic ring is 4. The number of hydrogen-bond acceptors (Lipinski definition) is 24. The number of carboxylic acids is 1. The van der Waals surface area contributed by atoms with Crippen LogP contribution in [0, 0.1) is 0 Å². The Balaban J connectivity index is 0.839. The molecule has 462 valence electrons. The number of carbonyl (C=O) groups excluding carboxylic acids is 5. The van der Waals surface area contributed by atoms with Crippen LogP contribution in [-0.2, 0) is 41.7 Å². The van der Waals surface area contributed by atoms with E-state index in [2.05, 4.69) is 66.0 Å². The van der Waals surface area contributed by atoms with Gasteiger partial charge in [0.15, 0.2) is 34.0 Å². The summed E-state index contributed by atoms with van der Waals surface area (Å²) in [5.41, 5.74) is 38.9. The largest absolute Gasteiger partial charge is 0.480 e. The second-order valence-electron chi connectivity index (χ2n) is 20.4. The van der Waals surface area contributed by atoms with Crippen LogP contribution in [0.25, 0.3) is 22.3 Å². The highest BCUT2D eigenvalue weighted by atomic mass is 16.5. The number of anilines is 6. The number of amides is 5. The number of unbranched alkanes of at least 4 members (excludes halogenated alkanes) is 4. The molecule has 0 radical (unpaired) electrons. The molecule has 30 heteroatoms. The van der Waals surface area contributed by atoms with Gasteiger partial charge in [-0.3, -0.25) is 24.0 Å². The number of ether oxygens (including phenoxy) is 2. The van der Waals surface area contributed by atoms with Crippen LogP contribution in [0.4, 0.5) is 34.9 Å². The van der Waals surface area contributed by atoms with Gasteiger partial charge in [-0.15, -0.1) is 0 Å². The predicted octanol–water partition coefficient (Wildman–Crippen LogP) is 0.649. The lowest BCUT2D eigenvalue weighted by Gasteiger charge is -2.22. The molecule has 30 nitrogen and oxygen atoms in total. The summed E-state index contributed by atoms with van der Waals surface area (Å²) in [6, 6.07) is 11.0.